The van der Waals surface area contributed by atoms with E-state index >= 15 is 0 Å². The van der Waals surface area contributed by atoms with Crippen molar-refractivity contribution in [2.24, 2.45) is 11.8 Å². The van der Waals surface area contributed by atoms with Crippen molar-refractivity contribution in [2.45, 2.75) is 62.7 Å². The van der Waals surface area contributed by atoms with Crippen LogP contribution in [0.15, 0.2) is 42.2 Å². The first-order valence-corrected chi connectivity index (χ1v) is 12.7. The molecular formula is C27H34O13. The van der Waals surface area contributed by atoms with Crippen LogP contribution in [0.3, 0.4) is 0 Å². The highest BCUT2D eigenvalue weighted by molar-refractivity contribution is 5.89. The molecule has 13 nitrogen and oxygen atoms in total. The molecule has 3 heterocycles. The smallest absolute Gasteiger partial charge is 0.337 e. The van der Waals surface area contributed by atoms with E-state index in [9.17, 15) is 30.0 Å². The van der Waals surface area contributed by atoms with Crippen LogP contribution in [0.4, 0.5) is 0 Å². The summed E-state index contributed by atoms with van der Waals surface area (Å²) in [6, 6.07) is 6.12. The summed E-state index contributed by atoms with van der Waals surface area (Å²) in [6.07, 6.45) is -5.70. The Labute approximate surface area is 230 Å². The first-order valence-electron chi connectivity index (χ1n) is 12.7. The van der Waals surface area contributed by atoms with Crippen molar-refractivity contribution in [2.75, 3.05) is 20.8 Å². The standard InChI is InChI=1S/C27H34O13/c1-13-21-16(10-20(34-2)38-13)17(25(33)35-3)11-37-26(21)40-27-24(32)23(31)22(30)18(39-27)12-36-19(29)9-6-14-4-7-15(28)8-5-14/h4-9,11,13,16,18,20-24,26-28,30-32H,10,12H2,1-3H3. The normalized spacial score (nSPS) is 35.8. The Morgan fingerprint density at radius 1 is 1.02 bits per heavy atom. The number of hydrogen-bond acceptors (Lipinski definition) is 13. The van der Waals surface area contributed by atoms with Gasteiger partial charge in [-0.3, -0.25) is 0 Å². The zero-order valence-corrected chi connectivity index (χ0v) is 22.2. The van der Waals surface area contributed by atoms with Gasteiger partial charge in [0.05, 0.1) is 31.0 Å². The van der Waals surface area contributed by atoms with E-state index in [0.29, 0.717) is 12.0 Å². The van der Waals surface area contributed by atoms with E-state index in [2.05, 4.69) is 0 Å². The highest BCUT2D eigenvalue weighted by Gasteiger charge is 2.52. The first-order chi connectivity index (χ1) is 19.1. The van der Waals surface area contributed by atoms with Gasteiger partial charge in [0.25, 0.3) is 0 Å². The second-order valence-corrected chi connectivity index (χ2v) is 9.70. The van der Waals surface area contributed by atoms with Gasteiger partial charge in [-0.25, -0.2) is 9.59 Å². The maximum Gasteiger partial charge on any atom is 0.337 e. The summed E-state index contributed by atoms with van der Waals surface area (Å²) in [6.45, 7) is 1.30. The Bertz CT molecular complexity index is 1090. The number of phenolic OH excluding ortho intramolecular Hbond substituents is 1. The third-order valence-corrected chi connectivity index (χ3v) is 7.18. The number of ether oxygens (including phenoxy) is 7. The van der Waals surface area contributed by atoms with Crippen LogP contribution < -0.4 is 0 Å². The Hall–Kier alpha value is -3.04. The molecule has 0 aromatic heterocycles. The lowest BCUT2D eigenvalue weighted by Gasteiger charge is -2.47. The maximum atomic E-state index is 12.4. The average molecular weight is 567 g/mol. The van der Waals surface area contributed by atoms with Gasteiger partial charge in [-0.05, 0) is 30.7 Å². The first kappa shape index (κ1) is 29.9. The number of benzene rings is 1. The zero-order valence-electron chi connectivity index (χ0n) is 22.2. The highest BCUT2D eigenvalue weighted by Crippen LogP contribution is 2.43. The fourth-order valence-electron chi connectivity index (χ4n) is 4.99. The van der Waals surface area contributed by atoms with Gasteiger partial charge in [0.2, 0.25) is 6.29 Å². The minimum absolute atomic E-state index is 0.0828. The quantitative estimate of drug-likeness (QED) is 0.248. The van der Waals surface area contributed by atoms with Crippen LogP contribution >= 0.6 is 0 Å². The molecule has 0 aliphatic carbocycles. The molecule has 220 valence electrons. The molecule has 0 amide bonds. The van der Waals surface area contributed by atoms with Gasteiger partial charge in [0.1, 0.15) is 36.8 Å². The van der Waals surface area contributed by atoms with Crippen LogP contribution in [0.25, 0.3) is 6.08 Å². The molecule has 40 heavy (non-hydrogen) atoms. The second-order valence-electron chi connectivity index (χ2n) is 9.70. The van der Waals surface area contributed by atoms with Crippen molar-refractivity contribution in [1.29, 1.82) is 0 Å². The minimum Gasteiger partial charge on any atom is -0.508 e. The summed E-state index contributed by atoms with van der Waals surface area (Å²) in [5.41, 5.74) is 0.916. The van der Waals surface area contributed by atoms with Gasteiger partial charge in [-0.2, -0.15) is 0 Å². The van der Waals surface area contributed by atoms with E-state index in [0.717, 1.165) is 6.08 Å². The maximum absolute atomic E-state index is 12.4. The number of rotatable bonds is 8. The molecule has 10 unspecified atom stereocenters. The number of aliphatic hydroxyl groups excluding tert-OH is 3. The average Bonchev–Trinajstić information content (AvgIpc) is 2.95. The summed E-state index contributed by atoms with van der Waals surface area (Å²) < 4.78 is 38.6. The molecule has 10 atom stereocenters. The lowest BCUT2D eigenvalue weighted by Crippen LogP contribution is -2.61. The van der Waals surface area contributed by atoms with Crippen LogP contribution in [0.5, 0.6) is 5.75 Å². The molecule has 0 radical (unpaired) electrons. The Balaban J connectivity index is 1.42. The number of fused-ring (bicyclic) bond motifs is 1. The topological polar surface area (TPSA) is 180 Å². The largest absolute Gasteiger partial charge is 0.508 e. The van der Waals surface area contributed by atoms with Crippen molar-refractivity contribution in [3.8, 4) is 5.75 Å². The molecule has 13 heteroatoms. The van der Waals surface area contributed by atoms with Gasteiger partial charge in [0.15, 0.2) is 12.6 Å². The van der Waals surface area contributed by atoms with Crippen molar-refractivity contribution >= 4 is 18.0 Å². The summed E-state index contributed by atoms with van der Waals surface area (Å²) in [5.74, 6) is -2.23. The molecule has 3 aliphatic rings. The number of carbonyl (C=O) groups excluding carboxylic acids is 2. The number of esters is 2. The van der Waals surface area contributed by atoms with Crippen LogP contribution in [0.1, 0.15) is 18.9 Å². The summed E-state index contributed by atoms with van der Waals surface area (Å²) in [4.78, 5) is 24.6. The molecule has 0 saturated carbocycles. The molecule has 2 saturated heterocycles. The second kappa shape index (κ2) is 13.1. The molecule has 4 N–H and O–H groups in total. The van der Waals surface area contributed by atoms with Gasteiger partial charge < -0.3 is 53.6 Å². The van der Waals surface area contributed by atoms with Crippen molar-refractivity contribution in [1.82, 2.24) is 0 Å². The third kappa shape index (κ3) is 6.63. The van der Waals surface area contributed by atoms with E-state index in [1.165, 1.54) is 38.7 Å². The Kier molecular flexibility index (Phi) is 9.79. The van der Waals surface area contributed by atoms with Crippen LogP contribution in [-0.4, -0.2) is 103 Å². The third-order valence-electron chi connectivity index (χ3n) is 7.18. The number of hydrogen-bond donors (Lipinski definition) is 4. The number of aliphatic hydroxyl groups is 3. The monoisotopic (exact) mass is 566 g/mol. The van der Waals surface area contributed by atoms with Crippen LogP contribution in [-0.2, 0) is 42.7 Å². The van der Waals surface area contributed by atoms with E-state index in [4.69, 9.17) is 33.2 Å². The summed E-state index contributed by atoms with van der Waals surface area (Å²) >= 11 is 0. The van der Waals surface area contributed by atoms with E-state index < -0.39 is 79.8 Å². The van der Waals surface area contributed by atoms with Gasteiger partial charge >= 0.3 is 11.9 Å². The van der Waals surface area contributed by atoms with E-state index in [1.807, 2.05) is 0 Å². The van der Waals surface area contributed by atoms with Crippen LogP contribution in [0, 0.1) is 11.8 Å². The minimum atomic E-state index is -1.69. The lowest BCUT2D eigenvalue weighted by molar-refractivity contribution is -0.353. The number of phenols is 1. The Morgan fingerprint density at radius 3 is 2.42 bits per heavy atom. The number of carbonyl (C=O) groups is 2. The highest BCUT2D eigenvalue weighted by atomic mass is 16.8. The van der Waals surface area contributed by atoms with Crippen molar-refractivity contribution < 1.29 is 63.2 Å². The molecule has 0 bridgehead atoms. The number of aromatic hydroxyl groups is 1. The van der Waals surface area contributed by atoms with E-state index in [-0.39, 0.29) is 11.3 Å². The molecule has 0 spiro atoms. The molecule has 1 aromatic carbocycles. The van der Waals surface area contributed by atoms with Crippen LogP contribution in [0.2, 0.25) is 0 Å². The number of methoxy groups -OCH3 is 2. The summed E-state index contributed by atoms with van der Waals surface area (Å²) in [5, 5.41) is 40.8. The summed E-state index contributed by atoms with van der Waals surface area (Å²) in [7, 11) is 2.74. The van der Waals surface area contributed by atoms with Crippen molar-refractivity contribution in [3.63, 3.8) is 0 Å². The Morgan fingerprint density at radius 2 is 1.75 bits per heavy atom. The fraction of sp³-hybridized carbons (Fsp3) is 0.556. The molecule has 1 aromatic rings. The SMILES string of the molecule is COC(=O)C1=COC(OC2OC(COC(=O)C=Cc3ccc(O)cc3)C(O)C(O)C2O)C2C(C)OC(OC)CC12. The fourth-order valence-corrected chi connectivity index (χ4v) is 4.99. The van der Waals surface area contributed by atoms with Gasteiger partial charge in [0, 0.05) is 25.5 Å². The molecule has 4 rings (SSSR count). The predicted molar refractivity (Wildman–Crippen MR) is 134 cm³/mol. The molecular weight excluding hydrogens is 532 g/mol. The molecule has 3 aliphatic heterocycles. The van der Waals surface area contributed by atoms with Gasteiger partial charge in [-0.1, -0.05) is 12.1 Å². The van der Waals surface area contributed by atoms with E-state index in [1.54, 1.807) is 19.1 Å². The predicted octanol–water partition coefficient (Wildman–Crippen LogP) is 0.200. The van der Waals surface area contributed by atoms with Gasteiger partial charge in [-0.15, -0.1) is 0 Å². The zero-order chi connectivity index (χ0) is 29.0. The lowest BCUT2D eigenvalue weighted by atomic mass is 9.77. The molecule has 2 fully saturated rings. The van der Waals surface area contributed by atoms with Crippen molar-refractivity contribution in [3.05, 3.63) is 47.7 Å².